The number of hydrogen-bond acceptors (Lipinski definition) is 4. The zero-order chi connectivity index (χ0) is 8.72. The van der Waals surface area contributed by atoms with Crippen LogP contribution in [0, 0.1) is 5.92 Å². The van der Waals surface area contributed by atoms with Crippen molar-refractivity contribution >= 4 is 11.9 Å². The van der Waals surface area contributed by atoms with Crippen molar-refractivity contribution in [2.75, 3.05) is 6.54 Å². The topological polar surface area (TPSA) is 87.7 Å². The highest BCUT2D eigenvalue weighted by Gasteiger charge is 2.49. The first kappa shape index (κ1) is 7.51. The van der Waals surface area contributed by atoms with Crippen molar-refractivity contribution in [2.24, 2.45) is 5.92 Å². The minimum atomic E-state index is -0.987. The molecule has 1 amide bonds. The lowest BCUT2D eigenvalue weighted by atomic mass is 10.0. The van der Waals surface area contributed by atoms with Gasteiger partial charge in [0, 0.05) is 6.54 Å². The van der Waals surface area contributed by atoms with Crippen LogP contribution in [0.25, 0.3) is 0 Å². The van der Waals surface area contributed by atoms with Gasteiger partial charge in [-0.05, 0) is 0 Å². The van der Waals surface area contributed by atoms with Crippen LogP contribution in [0.15, 0.2) is 0 Å². The molecule has 0 aromatic rings. The Balaban J connectivity index is 2.15. The molecule has 2 aliphatic heterocycles. The third-order valence-corrected chi connectivity index (χ3v) is 2.18. The van der Waals surface area contributed by atoms with Gasteiger partial charge in [0.25, 0.3) is 5.91 Å². The van der Waals surface area contributed by atoms with Crippen LogP contribution >= 0.6 is 0 Å². The Morgan fingerprint density at radius 3 is 3.08 bits per heavy atom. The van der Waals surface area contributed by atoms with E-state index in [9.17, 15) is 9.59 Å². The van der Waals surface area contributed by atoms with Crippen LogP contribution in [-0.4, -0.2) is 35.7 Å². The summed E-state index contributed by atoms with van der Waals surface area (Å²) >= 11 is 0. The van der Waals surface area contributed by atoms with Gasteiger partial charge in [-0.3, -0.25) is 14.4 Å². The predicted octanol–water partition coefficient (Wildman–Crippen LogP) is -1.91. The molecule has 2 rings (SSSR count). The third kappa shape index (κ3) is 0.886. The van der Waals surface area contributed by atoms with Crippen LogP contribution in [0.4, 0.5) is 0 Å². The second kappa shape index (κ2) is 2.43. The van der Waals surface area contributed by atoms with Gasteiger partial charge >= 0.3 is 5.97 Å². The summed E-state index contributed by atoms with van der Waals surface area (Å²) in [6, 6.07) is -0.769. The normalized spacial score (nSPS) is 39.3. The number of carbonyl (C=O) groups is 2. The number of rotatable bonds is 1. The van der Waals surface area contributed by atoms with Crippen LogP contribution in [0.5, 0.6) is 0 Å². The van der Waals surface area contributed by atoms with Gasteiger partial charge in [0.15, 0.2) is 0 Å². The van der Waals surface area contributed by atoms with Crippen molar-refractivity contribution in [1.29, 1.82) is 0 Å². The first-order valence-corrected chi connectivity index (χ1v) is 3.62. The Hall–Kier alpha value is -1.14. The Morgan fingerprint density at radius 2 is 2.42 bits per heavy atom. The van der Waals surface area contributed by atoms with E-state index in [-0.39, 0.29) is 11.8 Å². The average molecular weight is 172 g/mol. The van der Waals surface area contributed by atoms with Crippen LogP contribution < -0.4 is 10.8 Å². The van der Waals surface area contributed by atoms with Crippen LogP contribution in [0.2, 0.25) is 0 Å². The van der Waals surface area contributed by atoms with Crippen molar-refractivity contribution in [2.45, 2.75) is 12.1 Å². The summed E-state index contributed by atoms with van der Waals surface area (Å²) in [4.78, 5) is 26.3. The molecule has 0 aromatic carbocycles. The second-order valence-corrected chi connectivity index (χ2v) is 2.88. The fourth-order valence-electron chi connectivity index (χ4n) is 1.54. The molecule has 12 heavy (non-hydrogen) atoms. The molecule has 0 unspecified atom stereocenters. The highest BCUT2D eigenvalue weighted by atomic mass is 16.7. The third-order valence-electron chi connectivity index (χ3n) is 2.18. The zero-order valence-electron chi connectivity index (χ0n) is 6.11. The first-order chi connectivity index (χ1) is 5.70. The molecule has 2 saturated heterocycles. The Morgan fingerprint density at radius 1 is 1.67 bits per heavy atom. The molecule has 0 bridgehead atoms. The van der Waals surface area contributed by atoms with Crippen molar-refractivity contribution < 1.29 is 19.5 Å². The van der Waals surface area contributed by atoms with Crippen molar-refractivity contribution in [3.05, 3.63) is 0 Å². The number of carboxylic acid groups (broad SMARTS) is 1. The molecule has 3 atom stereocenters. The van der Waals surface area contributed by atoms with Gasteiger partial charge in [-0.1, -0.05) is 0 Å². The second-order valence-electron chi connectivity index (χ2n) is 2.88. The zero-order valence-corrected chi connectivity index (χ0v) is 6.11. The fraction of sp³-hybridized carbons (Fsp3) is 0.667. The number of hydroxylamine groups is 1. The molecule has 0 radical (unpaired) electrons. The minimum absolute atomic E-state index is 0.240. The largest absolute Gasteiger partial charge is 0.480 e. The highest BCUT2D eigenvalue weighted by Crippen LogP contribution is 2.22. The monoisotopic (exact) mass is 172 g/mol. The van der Waals surface area contributed by atoms with Crippen LogP contribution in [0.1, 0.15) is 0 Å². The van der Waals surface area contributed by atoms with E-state index in [0.717, 1.165) is 0 Å². The van der Waals surface area contributed by atoms with E-state index in [1.54, 1.807) is 0 Å². The summed E-state index contributed by atoms with van der Waals surface area (Å²) in [7, 11) is 0. The van der Waals surface area contributed by atoms with Crippen molar-refractivity contribution in [3.8, 4) is 0 Å². The van der Waals surface area contributed by atoms with Gasteiger partial charge in [-0.25, -0.2) is 5.48 Å². The summed E-state index contributed by atoms with van der Waals surface area (Å²) in [5.74, 6) is -1.58. The van der Waals surface area contributed by atoms with E-state index < -0.39 is 18.1 Å². The van der Waals surface area contributed by atoms with E-state index in [0.29, 0.717) is 6.54 Å². The van der Waals surface area contributed by atoms with Crippen LogP contribution in [0.3, 0.4) is 0 Å². The first-order valence-electron chi connectivity index (χ1n) is 3.62. The number of carbonyl (C=O) groups excluding carboxylic acids is 1. The van der Waals surface area contributed by atoms with Crippen LogP contribution in [-0.2, 0) is 14.4 Å². The standard InChI is InChI=1S/C6H8N2O4/c9-5-2-1-7-3(6(10)11)4(2)12-8-5/h2-4,7H,1H2,(H,8,9)(H,10,11)/t2-,3-,4-/m1/s1. The summed E-state index contributed by atoms with van der Waals surface area (Å²) in [6.45, 7) is 0.369. The predicted molar refractivity (Wildman–Crippen MR) is 35.9 cm³/mol. The molecule has 66 valence electrons. The maximum atomic E-state index is 11.0. The number of hydrogen-bond donors (Lipinski definition) is 3. The van der Waals surface area contributed by atoms with E-state index >= 15 is 0 Å². The number of nitrogens with one attached hydrogen (secondary N) is 2. The van der Waals surface area contributed by atoms with E-state index in [2.05, 4.69) is 10.8 Å². The van der Waals surface area contributed by atoms with Gasteiger partial charge in [0.1, 0.15) is 12.1 Å². The van der Waals surface area contributed by atoms with Gasteiger partial charge < -0.3 is 10.4 Å². The van der Waals surface area contributed by atoms with Gasteiger partial charge in [0.05, 0.1) is 5.92 Å². The Labute approximate surface area is 67.8 Å². The SMILES string of the molecule is O=C1NO[C@@H]2[C@H]1CN[C@H]2C(=O)O. The molecule has 6 nitrogen and oxygen atoms in total. The number of fused-ring (bicyclic) bond motifs is 1. The van der Waals surface area contributed by atoms with E-state index in [1.807, 2.05) is 0 Å². The quantitative estimate of drug-likeness (QED) is 0.429. The molecule has 3 N–H and O–H groups in total. The van der Waals surface area contributed by atoms with Crippen molar-refractivity contribution in [3.63, 3.8) is 0 Å². The Bertz CT molecular complexity index is 242. The summed E-state index contributed by atoms with van der Waals surface area (Å²) in [5, 5.41) is 11.4. The van der Waals surface area contributed by atoms with Gasteiger partial charge in [-0.2, -0.15) is 0 Å². The highest BCUT2D eigenvalue weighted by molar-refractivity contribution is 5.84. The summed E-state index contributed by atoms with van der Waals surface area (Å²) in [5.41, 5.74) is 2.16. The number of carboxylic acids is 1. The van der Waals surface area contributed by atoms with Gasteiger partial charge in [0.2, 0.25) is 0 Å². The molecule has 2 aliphatic rings. The lowest BCUT2D eigenvalue weighted by Gasteiger charge is -2.10. The lowest BCUT2D eigenvalue weighted by Crippen LogP contribution is -2.40. The summed E-state index contributed by atoms with van der Waals surface area (Å²) in [6.07, 6.45) is -0.560. The smallest absolute Gasteiger partial charge is 0.323 e. The maximum absolute atomic E-state index is 11.0. The molecule has 0 aliphatic carbocycles. The van der Waals surface area contributed by atoms with E-state index in [1.165, 1.54) is 0 Å². The summed E-state index contributed by atoms with van der Waals surface area (Å²) < 4.78 is 0. The number of aliphatic carboxylic acids is 1. The number of amides is 1. The fourth-order valence-corrected chi connectivity index (χ4v) is 1.54. The molecule has 0 spiro atoms. The lowest BCUT2D eigenvalue weighted by molar-refractivity contribution is -0.143. The minimum Gasteiger partial charge on any atom is -0.480 e. The molecular formula is C6H8N2O4. The Kier molecular flexibility index (Phi) is 1.52. The molecule has 0 aromatic heterocycles. The van der Waals surface area contributed by atoms with Gasteiger partial charge in [-0.15, -0.1) is 0 Å². The maximum Gasteiger partial charge on any atom is 0.323 e. The molecule has 0 saturated carbocycles. The van der Waals surface area contributed by atoms with E-state index in [4.69, 9.17) is 9.94 Å². The van der Waals surface area contributed by atoms with Crippen molar-refractivity contribution in [1.82, 2.24) is 10.8 Å². The molecular weight excluding hydrogens is 164 g/mol. The molecule has 2 heterocycles. The molecule has 2 fully saturated rings. The average Bonchev–Trinajstić information content (AvgIpc) is 2.53. The molecule has 6 heteroatoms.